The first kappa shape index (κ1) is 21.2. The lowest BCUT2D eigenvalue weighted by atomic mass is 9.45. The molecule has 0 aromatic carbocycles. The third-order valence-electron chi connectivity index (χ3n) is 9.71. The molecule has 0 bridgehead atoms. The minimum atomic E-state index is -0.441. The quantitative estimate of drug-likeness (QED) is 0.575. The van der Waals surface area contributed by atoms with E-state index in [-0.39, 0.29) is 22.9 Å². The standard InChI is InChI=1S/C25H41NO3/c1-15-14-18-24(5,13-11-20(27)26(18)7)17-10-12-25(6)16(21(15)17)8-9-19(25)29-22(28)23(2,3)4/h15-19,21H,8-14H2,1-7H3/t15-,16-,17-,18?,19-,21-,24+,25-/m0/s1. The monoisotopic (exact) mass is 403 g/mol. The van der Waals surface area contributed by atoms with Gasteiger partial charge in [0.1, 0.15) is 6.10 Å². The summed E-state index contributed by atoms with van der Waals surface area (Å²) in [6.07, 6.45) is 7.48. The Balaban J connectivity index is 1.60. The smallest absolute Gasteiger partial charge is 0.311 e. The molecule has 4 aliphatic rings. The highest BCUT2D eigenvalue weighted by Gasteiger charge is 2.63. The van der Waals surface area contributed by atoms with Crippen molar-refractivity contribution in [2.45, 2.75) is 98.6 Å². The summed E-state index contributed by atoms with van der Waals surface area (Å²) in [6, 6.07) is 0.389. The molecule has 1 amide bonds. The summed E-state index contributed by atoms with van der Waals surface area (Å²) in [5.74, 6) is 2.90. The zero-order valence-corrected chi connectivity index (χ0v) is 19.6. The first-order chi connectivity index (χ1) is 13.4. The fourth-order valence-electron chi connectivity index (χ4n) is 7.91. The second-order valence-corrected chi connectivity index (χ2v) is 12.3. The summed E-state index contributed by atoms with van der Waals surface area (Å²) >= 11 is 0. The molecule has 4 fully saturated rings. The normalized spacial score (nSPS) is 47.3. The highest BCUT2D eigenvalue weighted by molar-refractivity contribution is 5.77. The molecule has 3 aliphatic carbocycles. The molecule has 0 spiro atoms. The van der Waals surface area contributed by atoms with Gasteiger partial charge in [-0.1, -0.05) is 20.8 Å². The van der Waals surface area contributed by atoms with Crippen LogP contribution >= 0.6 is 0 Å². The Morgan fingerprint density at radius 1 is 1.07 bits per heavy atom. The van der Waals surface area contributed by atoms with Gasteiger partial charge in [-0.05, 0) is 88.4 Å². The summed E-state index contributed by atoms with van der Waals surface area (Å²) in [4.78, 5) is 27.1. The molecule has 1 unspecified atom stereocenters. The molecular formula is C25H41NO3. The third-order valence-corrected chi connectivity index (χ3v) is 9.71. The molecule has 0 aromatic heterocycles. The third kappa shape index (κ3) is 3.07. The number of ether oxygens (including phenoxy) is 1. The van der Waals surface area contributed by atoms with Crippen molar-refractivity contribution in [2.75, 3.05) is 7.05 Å². The number of piperidine rings is 1. The van der Waals surface area contributed by atoms with Gasteiger partial charge in [0.2, 0.25) is 5.91 Å². The van der Waals surface area contributed by atoms with Crippen LogP contribution in [-0.4, -0.2) is 36.0 Å². The lowest BCUT2D eigenvalue weighted by Crippen LogP contribution is -2.63. The van der Waals surface area contributed by atoms with Gasteiger partial charge in [0, 0.05) is 24.9 Å². The van der Waals surface area contributed by atoms with E-state index in [1.165, 1.54) is 12.8 Å². The van der Waals surface area contributed by atoms with E-state index in [0.717, 1.165) is 25.7 Å². The van der Waals surface area contributed by atoms with Crippen LogP contribution in [0.4, 0.5) is 0 Å². The summed E-state index contributed by atoms with van der Waals surface area (Å²) in [7, 11) is 2.03. The Morgan fingerprint density at radius 3 is 2.38 bits per heavy atom. The van der Waals surface area contributed by atoms with Gasteiger partial charge in [-0.3, -0.25) is 9.59 Å². The Morgan fingerprint density at radius 2 is 1.72 bits per heavy atom. The number of carbonyl (C=O) groups excluding carboxylic acids is 2. The highest BCUT2D eigenvalue weighted by atomic mass is 16.5. The van der Waals surface area contributed by atoms with Gasteiger partial charge in [0.25, 0.3) is 0 Å². The number of hydrogen-bond donors (Lipinski definition) is 0. The number of nitrogens with zero attached hydrogens (tertiary/aromatic N) is 1. The Kier molecular flexibility index (Phi) is 4.91. The topological polar surface area (TPSA) is 46.6 Å². The van der Waals surface area contributed by atoms with Crippen molar-refractivity contribution in [1.29, 1.82) is 0 Å². The van der Waals surface area contributed by atoms with Gasteiger partial charge in [0.05, 0.1) is 5.41 Å². The van der Waals surface area contributed by atoms with Crippen LogP contribution in [0.25, 0.3) is 0 Å². The van der Waals surface area contributed by atoms with Crippen molar-refractivity contribution in [2.24, 2.45) is 39.9 Å². The average molecular weight is 404 g/mol. The molecule has 29 heavy (non-hydrogen) atoms. The van der Waals surface area contributed by atoms with Crippen LogP contribution in [0.5, 0.6) is 0 Å². The average Bonchev–Trinajstić information content (AvgIpc) is 2.96. The maximum atomic E-state index is 12.6. The number of likely N-dealkylation sites (tertiary alicyclic amines) is 1. The number of rotatable bonds is 1. The van der Waals surface area contributed by atoms with Gasteiger partial charge in [-0.25, -0.2) is 0 Å². The van der Waals surface area contributed by atoms with Crippen molar-refractivity contribution in [3.05, 3.63) is 0 Å². The number of carbonyl (C=O) groups is 2. The molecule has 4 rings (SSSR count). The van der Waals surface area contributed by atoms with E-state index >= 15 is 0 Å². The molecule has 8 atom stereocenters. The predicted octanol–water partition coefficient (Wildman–Crippen LogP) is 5.05. The minimum Gasteiger partial charge on any atom is -0.461 e. The zero-order chi connectivity index (χ0) is 21.4. The number of hydrogen-bond acceptors (Lipinski definition) is 3. The largest absolute Gasteiger partial charge is 0.461 e. The second-order valence-electron chi connectivity index (χ2n) is 12.3. The Labute approximate surface area is 177 Å². The molecular weight excluding hydrogens is 362 g/mol. The first-order valence-electron chi connectivity index (χ1n) is 11.9. The SMILES string of the molecule is C[C@H]1CC2N(C)C(=O)CC[C@]2(C)[C@H]2CC[C@]3(C)[C@@H](OC(=O)C(C)(C)C)CC[C@H]3[C@H]12. The number of fused-ring (bicyclic) bond motifs is 5. The lowest BCUT2D eigenvalue weighted by molar-refractivity contribution is -0.180. The highest BCUT2D eigenvalue weighted by Crippen LogP contribution is 2.66. The lowest BCUT2D eigenvalue weighted by Gasteiger charge is -2.63. The van der Waals surface area contributed by atoms with Crippen molar-refractivity contribution < 1.29 is 14.3 Å². The van der Waals surface area contributed by atoms with Crippen LogP contribution in [0, 0.1) is 39.9 Å². The van der Waals surface area contributed by atoms with E-state index in [1.807, 2.05) is 27.8 Å². The van der Waals surface area contributed by atoms with E-state index in [4.69, 9.17) is 4.74 Å². The summed E-state index contributed by atoms with van der Waals surface area (Å²) in [6.45, 7) is 13.1. The fraction of sp³-hybridized carbons (Fsp3) is 0.920. The maximum Gasteiger partial charge on any atom is 0.311 e. The molecule has 164 valence electrons. The van der Waals surface area contributed by atoms with Crippen molar-refractivity contribution >= 4 is 11.9 Å². The van der Waals surface area contributed by atoms with Crippen LogP contribution in [0.1, 0.15) is 86.5 Å². The van der Waals surface area contributed by atoms with Gasteiger partial charge >= 0.3 is 5.97 Å². The summed E-state index contributed by atoms with van der Waals surface area (Å²) in [5.41, 5.74) is -0.0963. The van der Waals surface area contributed by atoms with E-state index in [9.17, 15) is 9.59 Å². The van der Waals surface area contributed by atoms with Crippen LogP contribution < -0.4 is 0 Å². The van der Waals surface area contributed by atoms with E-state index < -0.39 is 5.41 Å². The maximum absolute atomic E-state index is 12.6. The fourth-order valence-corrected chi connectivity index (χ4v) is 7.91. The number of esters is 1. The minimum absolute atomic E-state index is 0.0531. The summed E-state index contributed by atoms with van der Waals surface area (Å²) < 4.78 is 6.13. The molecule has 1 aliphatic heterocycles. The van der Waals surface area contributed by atoms with Crippen LogP contribution in [0.15, 0.2) is 0 Å². The van der Waals surface area contributed by atoms with Gasteiger partial charge in [-0.15, -0.1) is 0 Å². The zero-order valence-electron chi connectivity index (χ0n) is 19.6. The molecule has 1 heterocycles. The van der Waals surface area contributed by atoms with Gasteiger partial charge < -0.3 is 9.64 Å². The predicted molar refractivity (Wildman–Crippen MR) is 114 cm³/mol. The second kappa shape index (κ2) is 6.72. The van der Waals surface area contributed by atoms with E-state index in [1.54, 1.807) is 0 Å². The molecule has 0 aromatic rings. The molecule has 4 nitrogen and oxygen atoms in total. The summed E-state index contributed by atoms with van der Waals surface area (Å²) in [5, 5.41) is 0. The van der Waals surface area contributed by atoms with Gasteiger partial charge in [-0.2, -0.15) is 0 Å². The molecule has 1 saturated heterocycles. The van der Waals surface area contributed by atoms with Crippen molar-refractivity contribution in [3.8, 4) is 0 Å². The first-order valence-corrected chi connectivity index (χ1v) is 11.9. The van der Waals surface area contributed by atoms with E-state index in [2.05, 4.69) is 25.7 Å². The molecule has 0 radical (unpaired) electrons. The molecule has 0 N–H and O–H groups in total. The molecule has 4 heteroatoms. The van der Waals surface area contributed by atoms with Crippen LogP contribution in [-0.2, 0) is 14.3 Å². The Bertz CT molecular complexity index is 697. The van der Waals surface area contributed by atoms with Crippen molar-refractivity contribution in [1.82, 2.24) is 4.90 Å². The van der Waals surface area contributed by atoms with Gasteiger partial charge in [0.15, 0.2) is 0 Å². The van der Waals surface area contributed by atoms with Crippen LogP contribution in [0.2, 0.25) is 0 Å². The van der Waals surface area contributed by atoms with Crippen molar-refractivity contribution in [3.63, 3.8) is 0 Å². The molecule has 3 saturated carbocycles. The number of amides is 1. The van der Waals surface area contributed by atoms with Crippen LogP contribution in [0.3, 0.4) is 0 Å². The Hall–Kier alpha value is -1.06. The van der Waals surface area contributed by atoms with E-state index in [0.29, 0.717) is 42.0 Å².